The van der Waals surface area contributed by atoms with Crippen LogP contribution in [0.3, 0.4) is 0 Å². The SMILES string of the molecule is CC[C@@H](C)c1ccc(OCCCNCCO)cc1. The lowest BCUT2D eigenvalue weighted by Crippen LogP contribution is -2.20. The minimum absolute atomic E-state index is 0.192. The zero-order chi connectivity index (χ0) is 13.2. The largest absolute Gasteiger partial charge is 0.494 e. The Morgan fingerprint density at radius 2 is 1.94 bits per heavy atom. The zero-order valence-corrected chi connectivity index (χ0v) is 11.5. The maximum atomic E-state index is 8.60. The van der Waals surface area contributed by atoms with E-state index in [-0.39, 0.29) is 6.61 Å². The van der Waals surface area contributed by atoms with Gasteiger partial charge in [-0.3, -0.25) is 0 Å². The molecule has 1 atom stereocenters. The zero-order valence-electron chi connectivity index (χ0n) is 11.5. The van der Waals surface area contributed by atoms with Gasteiger partial charge in [-0.25, -0.2) is 0 Å². The minimum atomic E-state index is 0.192. The predicted octanol–water partition coefficient (Wildman–Crippen LogP) is 2.55. The van der Waals surface area contributed by atoms with Crippen LogP contribution in [0.5, 0.6) is 5.75 Å². The Bertz CT molecular complexity index is 311. The van der Waals surface area contributed by atoms with E-state index in [0.29, 0.717) is 19.1 Å². The average Bonchev–Trinajstić information content (AvgIpc) is 2.42. The maximum absolute atomic E-state index is 8.60. The molecule has 3 nitrogen and oxygen atoms in total. The highest BCUT2D eigenvalue weighted by Crippen LogP contribution is 2.21. The lowest BCUT2D eigenvalue weighted by molar-refractivity contribution is 0.282. The third kappa shape index (κ3) is 5.52. The topological polar surface area (TPSA) is 41.5 Å². The number of nitrogens with one attached hydrogen (secondary N) is 1. The molecule has 0 aliphatic rings. The molecule has 1 aromatic rings. The van der Waals surface area contributed by atoms with Crippen molar-refractivity contribution in [3.8, 4) is 5.75 Å². The van der Waals surface area contributed by atoms with Crippen molar-refractivity contribution in [1.29, 1.82) is 0 Å². The molecule has 0 amide bonds. The summed E-state index contributed by atoms with van der Waals surface area (Å²) in [5.74, 6) is 1.55. The molecular weight excluding hydrogens is 226 g/mol. The monoisotopic (exact) mass is 251 g/mol. The fourth-order valence-corrected chi connectivity index (χ4v) is 1.72. The summed E-state index contributed by atoms with van der Waals surface area (Å²) in [6, 6.07) is 8.38. The van der Waals surface area contributed by atoms with Gasteiger partial charge in [-0.2, -0.15) is 0 Å². The van der Waals surface area contributed by atoms with Crippen LogP contribution in [0.25, 0.3) is 0 Å². The molecule has 0 saturated carbocycles. The Morgan fingerprint density at radius 3 is 2.56 bits per heavy atom. The Hall–Kier alpha value is -1.06. The minimum Gasteiger partial charge on any atom is -0.494 e. The van der Waals surface area contributed by atoms with Gasteiger partial charge in [0.15, 0.2) is 0 Å². The molecule has 0 heterocycles. The number of aliphatic hydroxyl groups is 1. The van der Waals surface area contributed by atoms with Gasteiger partial charge in [0.25, 0.3) is 0 Å². The average molecular weight is 251 g/mol. The van der Waals surface area contributed by atoms with Crippen LogP contribution in [0, 0.1) is 0 Å². The predicted molar refractivity (Wildman–Crippen MR) is 75.2 cm³/mol. The molecule has 1 rings (SSSR count). The third-order valence-corrected chi connectivity index (χ3v) is 3.12. The van der Waals surface area contributed by atoms with Crippen molar-refractivity contribution in [3.05, 3.63) is 29.8 Å². The molecule has 0 aliphatic heterocycles. The van der Waals surface area contributed by atoms with Gasteiger partial charge in [0, 0.05) is 6.54 Å². The Kier molecular flexibility index (Phi) is 7.46. The van der Waals surface area contributed by atoms with E-state index in [1.807, 2.05) is 12.1 Å². The van der Waals surface area contributed by atoms with Crippen molar-refractivity contribution in [1.82, 2.24) is 5.32 Å². The molecule has 0 spiro atoms. The van der Waals surface area contributed by atoms with Gasteiger partial charge in [0.05, 0.1) is 13.2 Å². The summed E-state index contributed by atoms with van der Waals surface area (Å²) >= 11 is 0. The van der Waals surface area contributed by atoms with Crippen LogP contribution in [0.15, 0.2) is 24.3 Å². The Labute approximate surface area is 110 Å². The fourth-order valence-electron chi connectivity index (χ4n) is 1.72. The third-order valence-electron chi connectivity index (χ3n) is 3.12. The quantitative estimate of drug-likeness (QED) is 0.663. The van der Waals surface area contributed by atoms with Crippen LogP contribution < -0.4 is 10.1 Å². The first-order valence-corrected chi connectivity index (χ1v) is 6.82. The summed E-state index contributed by atoms with van der Waals surface area (Å²) < 4.78 is 5.65. The molecule has 1 aromatic carbocycles. The second kappa shape index (κ2) is 8.95. The number of hydrogen-bond acceptors (Lipinski definition) is 3. The van der Waals surface area contributed by atoms with Gasteiger partial charge in [0.2, 0.25) is 0 Å². The smallest absolute Gasteiger partial charge is 0.119 e. The van der Waals surface area contributed by atoms with Crippen molar-refractivity contribution in [2.45, 2.75) is 32.6 Å². The summed E-state index contributed by atoms with van der Waals surface area (Å²) in [5.41, 5.74) is 1.37. The first kappa shape index (κ1) is 15.0. The van der Waals surface area contributed by atoms with Gasteiger partial charge >= 0.3 is 0 Å². The normalized spacial score (nSPS) is 12.4. The number of ether oxygens (including phenoxy) is 1. The molecule has 0 bridgehead atoms. The van der Waals surface area contributed by atoms with E-state index >= 15 is 0 Å². The highest BCUT2D eigenvalue weighted by atomic mass is 16.5. The van der Waals surface area contributed by atoms with E-state index < -0.39 is 0 Å². The van der Waals surface area contributed by atoms with E-state index in [1.165, 1.54) is 5.56 Å². The number of rotatable bonds is 9. The molecular formula is C15H25NO2. The van der Waals surface area contributed by atoms with Crippen molar-refractivity contribution in [3.63, 3.8) is 0 Å². The fraction of sp³-hybridized carbons (Fsp3) is 0.600. The van der Waals surface area contributed by atoms with Crippen molar-refractivity contribution in [2.24, 2.45) is 0 Å². The molecule has 3 heteroatoms. The van der Waals surface area contributed by atoms with Crippen molar-refractivity contribution >= 4 is 0 Å². The van der Waals surface area contributed by atoms with Gasteiger partial charge < -0.3 is 15.2 Å². The van der Waals surface area contributed by atoms with E-state index in [4.69, 9.17) is 9.84 Å². The standard InChI is InChI=1S/C15H25NO2/c1-3-13(2)14-5-7-15(8-6-14)18-12-4-9-16-10-11-17/h5-8,13,16-17H,3-4,9-12H2,1-2H3/t13-/m1/s1. The van der Waals surface area contributed by atoms with Crippen LogP contribution in [0.4, 0.5) is 0 Å². The van der Waals surface area contributed by atoms with Gasteiger partial charge in [-0.15, -0.1) is 0 Å². The van der Waals surface area contributed by atoms with Crippen molar-refractivity contribution < 1.29 is 9.84 Å². The summed E-state index contributed by atoms with van der Waals surface area (Å²) in [5, 5.41) is 11.7. The molecule has 102 valence electrons. The second-order valence-corrected chi connectivity index (χ2v) is 4.55. The Balaban J connectivity index is 2.22. The molecule has 0 unspecified atom stereocenters. The summed E-state index contributed by atoms with van der Waals surface area (Å²) in [6.45, 7) is 6.88. The number of benzene rings is 1. The molecule has 0 radical (unpaired) electrons. The highest BCUT2D eigenvalue weighted by molar-refractivity contribution is 5.29. The van der Waals surface area contributed by atoms with Crippen molar-refractivity contribution in [2.75, 3.05) is 26.3 Å². The lowest BCUT2D eigenvalue weighted by Gasteiger charge is -2.11. The summed E-state index contributed by atoms with van der Waals surface area (Å²) in [4.78, 5) is 0. The van der Waals surface area contributed by atoms with Crippen LogP contribution in [-0.2, 0) is 0 Å². The van der Waals surface area contributed by atoms with Crippen LogP contribution >= 0.6 is 0 Å². The van der Waals surface area contributed by atoms with E-state index in [9.17, 15) is 0 Å². The van der Waals surface area contributed by atoms with E-state index in [2.05, 4.69) is 31.3 Å². The van der Waals surface area contributed by atoms with Crippen LogP contribution in [0.2, 0.25) is 0 Å². The number of aliphatic hydroxyl groups excluding tert-OH is 1. The van der Waals surface area contributed by atoms with Crippen LogP contribution in [-0.4, -0.2) is 31.4 Å². The second-order valence-electron chi connectivity index (χ2n) is 4.55. The molecule has 0 aliphatic carbocycles. The molecule has 0 saturated heterocycles. The Morgan fingerprint density at radius 1 is 1.22 bits per heavy atom. The van der Waals surface area contributed by atoms with Gasteiger partial charge in [-0.05, 0) is 43.0 Å². The molecule has 18 heavy (non-hydrogen) atoms. The van der Waals surface area contributed by atoms with Gasteiger partial charge in [-0.1, -0.05) is 26.0 Å². The first-order chi connectivity index (χ1) is 8.77. The van der Waals surface area contributed by atoms with Crippen LogP contribution in [0.1, 0.15) is 38.2 Å². The summed E-state index contributed by atoms with van der Waals surface area (Å²) in [7, 11) is 0. The van der Waals surface area contributed by atoms with Gasteiger partial charge in [0.1, 0.15) is 5.75 Å². The maximum Gasteiger partial charge on any atom is 0.119 e. The number of hydrogen-bond donors (Lipinski definition) is 2. The van der Waals surface area contributed by atoms with E-state index in [0.717, 1.165) is 25.1 Å². The summed E-state index contributed by atoms with van der Waals surface area (Å²) in [6.07, 6.45) is 2.11. The molecule has 0 fully saturated rings. The van der Waals surface area contributed by atoms with E-state index in [1.54, 1.807) is 0 Å². The molecule has 0 aromatic heterocycles. The molecule has 2 N–H and O–H groups in total. The first-order valence-electron chi connectivity index (χ1n) is 6.82. The highest BCUT2D eigenvalue weighted by Gasteiger charge is 2.02. The lowest BCUT2D eigenvalue weighted by atomic mass is 9.99.